The van der Waals surface area contributed by atoms with Crippen molar-refractivity contribution < 1.29 is 4.79 Å². The molecule has 0 saturated heterocycles. The maximum absolute atomic E-state index is 11.4. The molecular weight excluding hydrogens is 294 g/mol. The van der Waals surface area contributed by atoms with Crippen LogP contribution in [0.15, 0.2) is 47.8 Å². The van der Waals surface area contributed by atoms with Gasteiger partial charge < -0.3 is 16.0 Å². The van der Waals surface area contributed by atoms with Crippen LogP contribution < -0.4 is 11.1 Å². The number of para-hydroxylation sites is 1. The molecule has 0 aliphatic heterocycles. The van der Waals surface area contributed by atoms with Gasteiger partial charge in [0, 0.05) is 34.1 Å². The number of hydrogen-bond donors (Lipinski definition) is 3. The van der Waals surface area contributed by atoms with Crippen LogP contribution in [-0.4, -0.2) is 10.9 Å². The van der Waals surface area contributed by atoms with Crippen LogP contribution in [-0.2, 0) is 6.54 Å². The predicted octanol–water partition coefficient (Wildman–Crippen LogP) is 3.76. The molecule has 2 aromatic heterocycles. The quantitative estimate of drug-likeness (QED) is 0.671. The van der Waals surface area contributed by atoms with Gasteiger partial charge in [-0.2, -0.15) is 0 Å². The summed E-state index contributed by atoms with van der Waals surface area (Å²) in [5, 5.41) is 5.51. The van der Waals surface area contributed by atoms with Gasteiger partial charge in [-0.15, -0.1) is 11.3 Å². The van der Waals surface area contributed by atoms with E-state index in [-0.39, 0.29) is 0 Å². The lowest BCUT2D eigenvalue weighted by molar-refractivity contribution is 0.1000. The Morgan fingerprint density at radius 1 is 1.27 bits per heavy atom. The zero-order valence-corrected chi connectivity index (χ0v) is 13.0. The van der Waals surface area contributed by atoms with Gasteiger partial charge in [0.2, 0.25) is 0 Å². The first-order valence-corrected chi connectivity index (χ1v) is 7.88. The number of nitrogens with two attached hydrogens (primary N) is 1. The van der Waals surface area contributed by atoms with Gasteiger partial charge in [-0.25, -0.2) is 0 Å². The first kappa shape index (κ1) is 14.4. The molecule has 1 amide bonds. The molecule has 0 radical (unpaired) electrons. The number of thiophene rings is 1. The lowest BCUT2D eigenvalue weighted by Crippen LogP contribution is -2.10. The number of H-pyrrole nitrogens is 1. The van der Waals surface area contributed by atoms with Gasteiger partial charge >= 0.3 is 0 Å². The number of aryl methyl sites for hydroxylation is 1. The number of anilines is 1. The van der Waals surface area contributed by atoms with Crippen molar-refractivity contribution in [3.8, 4) is 11.3 Å². The van der Waals surface area contributed by atoms with Gasteiger partial charge in [0.15, 0.2) is 0 Å². The Labute approximate surface area is 133 Å². The topological polar surface area (TPSA) is 70.9 Å². The first-order valence-electron chi connectivity index (χ1n) is 7.00. The summed E-state index contributed by atoms with van der Waals surface area (Å²) in [6.45, 7) is 2.63. The van der Waals surface area contributed by atoms with E-state index in [1.165, 1.54) is 4.88 Å². The van der Waals surface area contributed by atoms with E-state index in [1.54, 1.807) is 11.3 Å². The van der Waals surface area contributed by atoms with Gasteiger partial charge in [0.1, 0.15) is 0 Å². The van der Waals surface area contributed by atoms with Crippen molar-refractivity contribution in [2.75, 3.05) is 5.32 Å². The van der Waals surface area contributed by atoms with Gasteiger partial charge in [0.25, 0.3) is 5.91 Å². The van der Waals surface area contributed by atoms with Crippen LogP contribution in [0.4, 0.5) is 5.69 Å². The van der Waals surface area contributed by atoms with E-state index in [2.05, 4.69) is 21.7 Å². The molecule has 0 saturated carbocycles. The number of benzene rings is 1. The highest BCUT2D eigenvalue weighted by Crippen LogP contribution is 2.29. The molecule has 112 valence electrons. The Balaban J connectivity index is 1.90. The SMILES string of the molecule is Cc1[nH]c(-c2ccccc2NCc2cccs2)cc1C(N)=O. The van der Waals surface area contributed by atoms with Crippen LogP contribution in [0.25, 0.3) is 11.3 Å². The van der Waals surface area contributed by atoms with Crippen molar-refractivity contribution in [3.63, 3.8) is 0 Å². The number of nitrogens with one attached hydrogen (secondary N) is 2. The highest BCUT2D eigenvalue weighted by atomic mass is 32.1. The molecule has 0 aliphatic rings. The number of primary amides is 1. The van der Waals surface area contributed by atoms with Crippen molar-refractivity contribution in [1.82, 2.24) is 4.98 Å². The summed E-state index contributed by atoms with van der Waals surface area (Å²) in [5.41, 5.74) is 9.65. The number of aromatic nitrogens is 1. The van der Waals surface area contributed by atoms with Crippen molar-refractivity contribution in [2.45, 2.75) is 13.5 Å². The summed E-state index contributed by atoms with van der Waals surface area (Å²) in [5.74, 6) is -0.413. The molecule has 3 rings (SSSR count). The Morgan fingerprint density at radius 3 is 2.77 bits per heavy atom. The maximum atomic E-state index is 11.4. The van der Waals surface area contributed by atoms with Crippen molar-refractivity contribution in [1.29, 1.82) is 0 Å². The molecule has 0 aliphatic carbocycles. The molecule has 0 unspecified atom stereocenters. The Bertz CT molecular complexity index is 790. The summed E-state index contributed by atoms with van der Waals surface area (Å²) in [6.07, 6.45) is 0. The minimum Gasteiger partial charge on any atom is -0.380 e. The number of rotatable bonds is 5. The molecule has 5 heteroatoms. The number of carbonyl (C=O) groups is 1. The second-order valence-corrected chi connectivity index (χ2v) is 6.10. The van der Waals surface area contributed by atoms with Crippen molar-refractivity contribution in [2.24, 2.45) is 5.73 Å². The van der Waals surface area contributed by atoms with Crippen LogP contribution >= 0.6 is 11.3 Å². The van der Waals surface area contributed by atoms with Crippen molar-refractivity contribution in [3.05, 3.63) is 64.0 Å². The highest BCUT2D eigenvalue weighted by Gasteiger charge is 2.13. The Kier molecular flexibility index (Phi) is 3.98. The third-order valence-electron chi connectivity index (χ3n) is 3.53. The van der Waals surface area contributed by atoms with E-state index < -0.39 is 5.91 Å². The van der Waals surface area contributed by atoms with Crippen LogP contribution in [0.2, 0.25) is 0 Å². The second-order valence-electron chi connectivity index (χ2n) is 5.06. The summed E-state index contributed by atoms with van der Waals surface area (Å²) in [4.78, 5) is 15.9. The number of carbonyl (C=O) groups excluding carboxylic acids is 1. The molecular formula is C17H17N3OS. The smallest absolute Gasteiger partial charge is 0.250 e. The van der Waals surface area contributed by atoms with Gasteiger partial charge in [-0.3, -0.25) is 4.79 Å². The zero-order valence-electron chi connectivity index (χ0n) is 12.2. The first-order chi connectivity index (χ1) is 10.6. The van der Waals surface area contributed by atoms with Crippen LogP contribution in [0, 0.1) is 6.92 Å². The maximum Gasteiger partial charge on any atom is 0.250 e. The molecule has 1 aromatic carbocycles. The third kappa shape index (κ3) is 2.89. The molecule has 0 atom stereocenters. The van der Waals surface area contributed by atoms with Crippen LogP contribution in [0.1, 0.15) is 20.9 Å². The third-order valence-corrected chi connectivity index (χ3v) is 4.41. The minimum atomic E-state index is -0.413. The number of hydrogen-bond acceptors (Lipinski definition) is 3. The average Bonchev–Trinajstić information content (AvgIpc) is 3.14. The van der Waals surface area contributed by atoms with E-state index in [4.69, 9.17) is 5.73 Å². The molecule has 0 fully saturated rings. The monoisotopic (exact) mass is 311 g/mol. The van der Waals surface area contributed by atoms with Gasteiger partial charge in [-0.1, -0.05) is 24.3 Å². The molecule has 2 heterocycles. The van der Waals surface area contributed by atoms with E-state index >= 15 is 0 Å². The molecule has 4 nitrogen and oxygen atoms in total. The fraction of sp³-hybridized carbons (Fsp3) is 0.118. The largest absolute Gasteiger partial charge is 0.380 e. The van der Waals surface area contributed by atoms with E-state index in [0.717, 1.165) is 29.2 Å². The van der Waals surface area contributed by atoms with E-state index in [9.17, 15) is 4.79 Å². The lowest BCUT2D eigenvalue weighted by Gasteiger charge is -2.10. The van der Waals surface area contributed by atoms with Crippen LogP contribution in [0.3, 0.4) is 0 Å². The standard InChI is InChI=1S/C17H17N3OS/c1-11-14(17(18)21)9-16(20-11)13-6-2-3-7-15(13)19-10-12-5-4-8-22-12/h2-9,19-20H,10H2,1H3,(H2,18,21). The van der Waals surface area contributed by atoms with Crippen molar-refractivity contribution >= 4 is 22.9 Å². The number of aromatic amines is 1. The van der Waals surface area contributed by atoms with E-state index in [0.29, 0.717) is 5.56 Å². The molecule has 0 spiro atoms. The Morgan fingerprint density at radius 2 is 2.09 bits per heavy atom. The van der Waals surface area contributed by atoms with E-state index in [1.807, 2.05) is 43.3 Å². The summed E-state index contributed by atoms with van der Waals surface area (Å²) in [7, 11) is 0. The molecule has 4 N–H and O–H groups in total. The highest BCUT2D eigenvalue weighted by molar-refractivity contribution is 7.09. The summed E-state index contributed by atoms with van der Waals surface area (Å²) < 4.78 is 0. The fourth-order valence-corrected chi connectivity index (χ4v) is 3.07. The van der Waals surface area contributed by atoms with Crippen LogP contribution in [0.5, 0.6) is 0 Å². The fourth-order valence-electron chi connectivity index (χ4n) is 2.43. The zero-order chi connectivity index (χ0) is 15.5. The van der Waals surface area contributed by atoms with Gasteiger partial charge in [-0.05, 0) is 30.5 Å². The number of amides is 1. The molecule has 22 heavy (non-hydrogen) atoms. The summed E-state index contributed by atoms with van der Waals surface area (Å²) >= 11 is 1.72. The molecule has 0 bridgehead atoms. The normalized spacial score (nSPS) is 10.6. The molecule has 3 aromatic rings. The Hall–Kier alpha value is -2.53. The predicted molar refractivity (Wildman–Crippen MR) is 91.1 cm³/mol. The summed E-state index contributed by atoms with van der Waals surface area (Å²) in [6, 6.07) is 14.0. The van der Waals surface area contributed by atoms with Gasteiger partial charge in [0.05, 0.1) is 5.56 Å². The second kappa shape index (κ2) is 6.07. The lowest BCUT2D eigenvalue weighted by atomic mass is 10.1. The minimum absolute atomic E-state index is 0.413. The average molecular weight is 311 g/mol.